The topological polar surface area (TPSA) is 41.1 Å². The molecule has 1 aromatic heterocycles. The van der Waals surface area contributed by atoms with Crippen molar-refractivity contribution in [3.8, 4) is 0 Å². The Bertz CT molecular complexity index is 339. The fourth-order valence-corrected chi connectivity index (χ4v) is 2.32. The van der Waals surface area contributed by atoms with Crippen molar-refractivity contribution in [2.45, 2.75) is 25.8 Å². The standard InChI is InChI=1S/C11H17ClN4/c1-2-16(9-4-3-5-13-6-9)11-8-14-7-10(12)15-11/h7-9,13H,2-6H2,1H3. The van der Waals surface area contributed by atoms with E-state index in [2.05, 4.69) is 27.1 Å². The second-order valence-corrected chi connectivity index (χ2v) is 4.37. The van der Waals surface area contributed by atoms with Gasteiger partial charge in [-0.25, -0.2) is 4.98 Å². The van der Waals surface area contributed by atoms with Crippen LogP contribution >= 0.6 is 11.6 Å². The number of halogens is 1. The average Bonchev–Trinajstić information content (AvgIpc) is 2.31. The molecule has 1 saturated heterocycles. The molecule has 0 aromatic carbocycles. The van der Waals surface area contributed by atoms with Crippen molar-refractivity contribution in [3.63, 3.8) is 0 Å². The van der Waals surface area contributed by atoms with E-state index >= 15 is 0 Å². The van der Waals surface area contributed by atoms with E-state index in [0.717, 1.165) is 25.5 Å². The summed E-state index contributed by atoms with van der Waals surface area (Å²) in [6, 6.07) is 0.506. The molecule has 4 nitrogen and oxygen atoms in total. The first-order chi connectivity index (χ1) is 7.81. The maximum atomic E-state index is 5.87. The van der Waals surface area contributed by atoms with E-state index in [4.69, 9.17) is 11.6 Å². The lowest BCUT2D eigenvalue weighted by Gasteiger charge is -2.34. The molecule has 1 unspecified atom stereocenters. The summed E-state index contributed by atoms with van der Waals surface area (Å²) in [5, 5.41) is 3.87. The van der Waals surface area contributed by atoms with Crippen molar-refractivity contribution in [2.75, 3.05) is 24.5 Å². The molecule has 0 radical (unpaired) electrons. The molecule has 0 saturated carbocycles. The summed E-state index contributed by atoms with van der Waals surface area (Å²) >= 11 is 5.87. The highest BCUT2D eigenvalue weighted by Gasteiger charge is 2.21. The molecule has 1 N–H and O–H groups in total. The van der Waals surface area contributed by atoms with E-state index in [1.165, 1.54) is 12.8 Å². The molecule has 1 fully saturated rings. The van der Waals surface area contributed by atoms with Gasteiger partial charge < -0.3 is 10.2 Å². The molecule has 0 bridgehead atoms. The fourth-order valence-electron chi connectivity index (χ4n) is 2.18. The minimum Gasteiger partial charge on any atom is -0.351 e. The van der Waals surface area contributed by atoms with Gasteiger partial charge in [0.2, 0.25) is 0 Å². The quantitative estimate of drug-likeness (QED) is 0.874. The van der Waals surface area contributed by atoms with Crippen LogP contribution < -0.4 is 10.2 Å². The van der Waals surface area contributed by atoms with Crippen molar-refractivity contribution in [1.82, 2.24) is 15.3 Å². The zero-order valence-corrected chi connectivity index (χ0v) is 10.2. The van der Waals surface area contributed by atoms with Crippen molar-refractivity contribution in [3.05, 3.63) is 17.5 Å². The first-order valence-electron chi connectivity index (χ1n) is 5.76. The lowest BCUT2D eigenvalue weighted by Crippen LogP contribution is -2.46. The Labute approximate surface area is 101 Å². The van der Waals surface area contributed by atoms with Gasteiger partial charge in [0.15, 0.2) is 0 Å². The Balaban J connectivity index is 2.14. The highest BCUT2D eigenvalue weighted by Crippen LogP contribution is 2.18. The maximum Gasteiger partial charge on any atom is 0.149 e. The molecule has 1 aliphatic rings. The summed E-state index contributed by atoms with van der Waals surface area (Å²) in [5.41, 5.74) is 0. The van der Waals surface area contributed by atoms with Gasteiger partial charge in [0.25, 0.3) is 0 Å². The zero-order valence-electron chi connectivity index (χ0n) is 9.49. The molecule has 1 aromatic rings. The van der Waals surface area contributed by atoms with Crippen molar-refractivity contribution in [2.24, 2.45) is 0 Å². The second-order valence-electron chi connectivity index (χ2n) is 3.99. The number of nitrogens with one attached hydrogen (secondary N) is 1. The predicted octanol–water partition coefficient (Wildman–Crippen LogP) is 1.71. The molecule has 1 atom stereocenters. The van der Waals surface area contributed by atoms with Gasteiger partial charge in [-0.3, -0.25) is 4.98 Å². The van der Waals surface area contributed by atoms with Crippen molar-refractivity contribution in [1.29, 1.82) is 0 Å². The maximum absolute atomic E-state index is 5.87. The van der Waals surface area contributed by atoms with Gasteiger partial charge in [0, 0.05) is 19.1 Å². The molecule has 2 heterocycles. The number of hydrogen-bond acceptors (Lipinski definition) is 4. The van der Waals surface area contributed by atoms with Gasteiger partial charge >= 0.3 is 0 Å². The molecule has 0 aliphatic carbocycles. The molecule has 16 heavy (non-hydrogen) atoms. The average molecular weight is 241 g/mol. The number of rotatable bonds is 3. The Morgan fingerprint density at radius 1 is 1.56 bits per heavy atom. The molecule has 5 heteroatoms. The van der Waals surface area contributed by atoms with Gasteiger partial charge in [0.1, 0.15) is 11.0 Å². The first-order valence-corrected chi connectivity index (χ1v) is 6.14. The van der Waals surface area contributed by atoms with Crippen LogP contribution in [0.3, 0.4) is 0 Å². The van der Waals surface area contributed by atoms with Crippen molar-refractivity contribution >= 4 is 17.4 Å². The summed E-state index contributed by atoms with van der Waals surface area (Å²) in [7, 11) is 0. The number of piperidine rings is 1. The van der Waals surface area contributed by atoms with E-state index in [1.807, 2.05) is 0 Å². The van der Waals surface area contributed by atoms with Crippen LogP contribution in [0.5, 0.6) is 0 Å². The summed E-state index contributed by atoms with van der Waals surface area (Å²) in [4.78, 5) is 10.7. The molecular weight excluding hydrogens is 224 g/mol. The third kappa shape index (κ3) is 2.62. The van der Waals surface area contributed by atoms with Crippen LogP contribution in [0.2, 0.25) is 5.15 Å². The lowest BCUT2D eigenvalue weighted by atomic mass is 10.1. The van der Waals surface area contributed by atoms with E-state index in [1.54, 1.807) is 12.4 Å². The number of nitrogens with zero attached hydrogens (tertiary/aromatic N) is 3. The van der Waals surface area contributed by atoms with E-state index < -0.39 is 0 Å². The largest absolute Gasteiger partial charge is 0.351 e. The smallest absolute Gasteiger partial charge is 0.149 e. The molecule has 0 spiro atoms. The number of hydrogen-bond donors (Lipinski definition) is 1. The van der Waals surface area contributed by atoms with Gasteiger partial charge in [0.05, 0.1) is 12.4 Å². The Morgan fingerprint density at radius 3 is 3.06 bits per heavy atom. The summed E-state index contributed by atoms with van der Waals surface area (Å²) in [5.74, 6) is 0.878. The summed E-state index contributed by atoms with van der Waals surface area (Å²) in [6.45, 7) is 5.20. The van der Waals surface area contributed by atoms with Gasteiger partial charge in [-0.2, -0.15) is 0 Å². The van der Waals surface area contributed by atoms with Crippen LogP contribution in [0.25, 0.3) is 0 Å². The lowest BCUT2D eigenvalue weighted by molar-refractivity contribution is 0.433. The van der Waals surface area contributed by atoms with Crippen LogP contribution in [-0.2, 0) is 0 Å². The van der Waals surface area contributed by atoms with Gasteiger partial charge in [-0.05, 0) is 26.3 Å². The van der Waals surface area contributed by atoms with Crippen molar-refractivity contribution < 1.29 is 0 Å². The molecule has 88 valence electrons. The molecule has 1 aliphatic heterocycles. The SMILES string of the molecule is CCN(c1cncc(Cl)n1)C1CCCNC1. The number of likely N-dealkylation sites (N-methyl/N-ethyl adjacent to an activating group) is 1. The van der Waals surface area contributed by atoms with Crippen LogP contribution in [0.4, 0.5) is 5.82 Å². The first kappa shape index (κ1) is 11.6. The van der Waals surface area contributed by atoms with Gasteiger partial charge in [-0.15, -0.1) is 0 Å². The summed E-state index contributed by atoms with van der Waals surface area (Å²) < 4.78 is 0. The number of anilines is 1. The Hall–Kier alpha value is -0.870. The predicted molar refractivity (Wildman–Crippen MR) is 66.0 cm³/mol. The monoisotopic (exact) mass is 240 g/mol. The Morgan fingerprint density at radius 2 is 2.44 bits per heavy atom. The zero-order chi connectivity index (χ0) is 11.4. The third-order valence-electron chi connectivity index (χ3n) is 2.94. The van der Waals surface area contributed by atoms with Crippen LogP contribution in [0.1, 0.15) is 19.8 Å². The highest BCUT2D eigenvalue weighted by molar-refractivity contribution is 6.29. The summed E-state index contributed by atoms with van der Waals surface area (Å²) in [6.07, 6.45) is 5.77. The van der Waals surface area contributed by atoms with Crippen LogP contribution in [0.15, 0.2) is 12.4 Å². The number of aromatic nitrogens is 2. The van der Waals surface area contributed by atoms with E-state index in [0.29, 0.717) is 11.2 Å². The van der Waals surface area contributed by atoms with Gasteiger partial charge in [-0.1, -0.05) is 11.6 Å². The Kier molecular flexibility index (Phi) is 3.96. The minimum absolute atomic E-state index is 0.458. The minimum atomic E-state index is 0.458. The third-order valence-corrected chi connectivity index (χ3v) is 3.12. The molecule has 2 rings (SSSR count). The van der Waals surface area contributed by atoms with Crippen LogP contribution in [-0.4, -0.2) is 35.6 Å². The fraction of sp³-hybridized carbons (Fsp3) is 0.636. The molecular formula is C11H17ClN4. The highest BCUT2D eigenvalue weighted by atomic mass is 35.5. The van der Waals surface area contributed by atoms with Crippen LogP contribution in [0, 0.1) is 0 Å². The normalized spacial score (nSPS) is 20.8. The van der Waals surface area contributed by atoms with E-state index in [9.17, 15) is 0 Å². The second kappa shape index (κ2) is 5.46. The van der Waals surface area contributed by atoms with E-state index in [-0.39, 0.29) is 0 Å². The molecule has 0 amide bonds.